The topological polar surface area (TPSA) is 46.5 Å². The monoisotopic (exact) mass is 382 g/mol. The number of benzene rings is 1. The Balaban J connectivity index is 3.08. The van der Waals surface area contributed by atoms with Gasteiger partial charge >= 0.3 is 8.25 Å². The van der Waals surface area contributed by atoms with Crippen molar-refractivity contribution in [2.75, 3.05) is 0 Å². The van der Waals surface area contributed by atoms with E-state index >= 15 is 0 Å². The van der Waals surface area contributed by atoms with Crippen LogP contribution in [0.25, 0.3) is 0 Å². The van der Waals surface area contributed by atoms with Crippen LogP contribution in [0.4, 0.5) is 0 Å². The van der Waals surface area contributed by atoms with Crippen LogP contribution in [0.3, 0.4) is 0 Å². The number of hydrogen-bond acceptors (Lipinski definition) is 2. The van der Waals surface area contributed by atoms with Gasteiger partial charge in [0.05, 0.1) is 0 Å². The molecule has 3 unspecified atom stereocenters. The van der Waals surface area contributed by atoms with Crippen LogP contribution in [-0.2, 0) is 17.4 Å². The lowest BCUT2D eigenvalue weighted by atomic mass is 9.85. The van der Waals surface area contributed by atoms with Gasteiger partial charge in [-0.25, -0.2) is 4.57 Å². The molecular weight excluding hydrogens is 343 g/mol. The molecule has 1 aromatic rings. The van der Waals surface area contributed by atoms with Crippen LogP contribution < -0.4 is 4.52 Å². The van der Waals surface area contributed by atoms with Crippen LogP contribution in [0, 0.1) is 11.8 Å². The molecule has 4 heteroatoms. The Morgan fingerprint density at radius 2 is 1.54 bits per heavy atom. The molecule has 0 radical (unpaired) electrons. The third kappa shape index (κ3) is 8.27. The fourth-order valence-electron chi connectivity index (χ4n) is 3.71. The largest absolute Gasteiger partial charge is 0.426 e. The Kier molecular flexibility index (Phi) is 12.0. The maximum atomic E-state index is 11.3. The van der Waals surface area contributed by atoms with E-state index in [-0.39, 0.29) is 0 Å². The first-order valence-corrected chi connectivity index (χ1v) is 11.8. The Morgan fingerprint density at radius 3 is 2.04 bits per heavy atom. The Morgan fingerprint density at radius 1 is 0.962 bits per heavy atom. The third-order valence-electron chi connectivity index (χ3n) is 5.52. The van der Waals surface area contributed by atoms with E-state index in [2.05, 4.69) is 33.8 Å². The van der Waals surface area contributed by atoms with Gasteiger partial charge in [0, 0.05) is 0 Å². The summed E-state index contributed by atoms with van der Waals surface area (Å²) in [5.41, 5.74) is 2.47. The quantitative estimate of drug-likeness (QED) is 0.354. The molecule has 0 aromatic heterocycles. The average Bonchev–Trinajstić information content (AvgIpc) is 2.63. The van der Waals surface area contributed by atoms with Crippen molar-refractivity contribution in [2.24, 2.45) is 11.8 Å². The van der Waals surface area contributed by atoms with E-state index in [4.69, 9.17) is 4.52 Å². The lowest BCUT2D eigenvalue weighted by molar-refractivity contribution is 0.399. The van der Waals surface area contributed by atoms with Crippen molar-refractivity contribution in [3.8, 4) is 5.75 Å². The third-order valence-corrected chi connectivity index (χ3v) is 5.91. The molecule has 1 aromatic carbocycles. The van der Waals surface area contributed by atoms with Crippen molar-refractivity contribution in [1.82, 2.24) is 0 Å². The molecule has 3 nitrogen and oxygen atoms in total. The molecule has 1 rings (SSSR count). The van der Waals surface area contributed by atoms with E-state index in [1.807, 2.05) is 12.1 Å². The summed E-state index contributed by atoms with van der Waals surface area (Å²) in [5, 5.41) is 0. The van der Waals surface area contributed by atoms with Gasteiger partial charge in [-0.15, -0.1) is 0 Å². The first-order chi connectivity index (χ1) is 12.5. The second-order valence-corrected chi connectivity index (χ2v) is 8.24. The molecule has 0 saturated carbocycles. The van der Waals surface area contributed by atoms with Gasteiger partial charge in [0.1, 0.15) is 5.75 Å². The summed E-state index contributed by atoms with van der Waals surface area (Å²) in [4.78, 5) is 9.32. The number of unbranched alkanes of at least 4 members (excludes halogenated alkanes) is 2. The van der Waals surface area contributed by atoms with E-state index in [0.717, 1.165) is 24.8 Å². The molecule has 0 heterocycles. The zero-order valence-electron chi connectivity index (χ0n) is 17.2. The smallest absolute Gasteiger partial charge is 0.365 e. The minimum atomic E-state index is -2.98. The predicted octanol–water partition coefficient (Wildman–Crippen LogP) is 6.97. The van der Waals surface area contributed by atoms with Crippen molar-refractivity contribution >= 4 is 8.25 Å². The van der Waals surface area contributed by atoms with Gasteiger partial charge < -0.3 is 9.42 Å². The summed E-state index contributed by atoms with van der Waals surface area (Å²) < 4.78 is 16.7. The van der Waals surface area contributed by atoms with Gasteiger partial charge in [-0.2, -0.15) is 0 Å². The highest BCUT2D eigenvalue weighted by atomic mass is 31.1. The van der Waals surface area contributed by atoms with Gasteiger partial charge in [-0.3, -0.25) is 0 Å². The standard InChI is InChI=1S/C22H39O3P/c1-5-9-12-18(7-3)16-20-14-11-15-22(25-26(23)24)21(20)17-19(8-4)13-10-6-2/h11,14-15,18-19,26H,5-10,12-13,16-17H2,1-4H3,(H,23,24). The summed E-state index contributed by atoms with van der Waals surface area (Å²) in [7, 11) is -2.98. The van der Waals surface area contributed by atoms with Crippen LogP contribution >= 0.6 is 8.25 Å². The summed E-state index contributed by atoms with van der Waals surface area (Å²) >= 11 is 0. The van der Waals surface area contributed by atoms with Crippen molar-refractivity contribution in [2.45, 2.75) is 91.9 Å². The minimum absolute atomic E-state index is 0.607. The van der Waals surface area contributed by atoms with E-state index in [1.54, 1.807) is 0 Å². The fourth-order valence-corrected chi connectivity index (χ4v) is 4.09. The van der Waals surface area contributed by atoms with Gasteiger partial charge in [0.2, 0.25) is 0 Å². The van der Waals surface area contributed by atoms with Crippen LogP contribution in [-0.4, -0.2) is 4.89 Å². The Bertz CT molecular complexity index is 530. The average molecular weight is 383 g/mol. The molecule has 0 aliphatic heterocycles. The van der Waals surface area contributed by atoms with Crippen LogP contribution in [0.5, 0.6) is 5.75 Å². The van der Waals surface area contributed by atoms with E-state index in [1.165, 1.54) is 50.5 Å². The van der Waals surface area contributed by atoms with Crippen molar-refractivity contribution < 1.29 is 14.0 Å². The Hall–Kier alpha value is -0.790. The van der Waals surface area contributed by atoms with Crippen molar-refractivity contribution in [3.63, 3.8) is 0 Å². The normalized spacial score (nSPS) is 14.8. The van der Waals surface area contributed by atoms with E-state index < -0.39 is 8.25 Å². The summed E-state index contributed by atoms with van der Waals surface area (Å²) in [6.45, 7) is 8.98. The molecule has 0 amide bonds. The zero-order chi connectivity index (χ0) is 19.4. The first kappa shape index (κ1) is 23.2. The molecule has 0 bridgehead atoms. The predicted molar refractivity (Wildman–Crippen MR) is 112 cm³/mol. The molecule has 0 aliphatic rings. The van der Waals surface area contributed by atoms with Gasteiger partial charge in [-0.1, -0.05) is 91.2 Å². The lowest BCUT2D eigenvalue weighted by Crippen LogP contribution is -2.10. The van der Waals surface area contributed by atoms with E-state index in [0.29, 0.717) is 17.6 Å². The minimum Gasteiger partial charge on any atom is -0.426 e. The lowest BCUT2D eigenvalue weighted by Gasteiger charge is -2.22. The van der Waals surface area contributed by atoms with Gasteiger partial charge in [0.25, 0.3) is 0 Å². The maximum Gasteiger partial charge on any atom is 0.365 e. The Labute approximate surface area is 161 Å². The van der Waals surface area contributed by atoms with Crippen LogP contribution in [0.1, 0.15) is 90.2 Å². The van der Waals surface area contributed by atoms with Crippen molar-refractivity contribution in [3.05, 3.63) is 29.3 Å². The molecule has 3 atom stereocenters. The molecule has 150 valence electrons. The second kappa shape index (κ2) is 13.4. The molecule has 0 spiro atoms. The molecule has 1 N–H and O–H groups in total. The molecule has 26 heavy (non-hydrogen) atoms. The second-order valence-electron chi connectivity index (χ2n) is 7.50. The summed E-state index contributed by atoms with van der Waals surface area (Å²) in [5.74, 6) is 1.90. The van der Waals surface area contributed by atoms with Crippen LogP contribution in [0.2, 0.25) is 0 Å². The van der Waals surface area contributed by atoms with Gasteiger partial charge in [0.15, 0.2) is 0 Å². The fraction of sp³-hybridized carbons (Fsp3) is 0.727. The highest BCUT2D eigenvalue weighted by Gasteiger charge is 2.18. The highest BCUT2D eigenvalue weighted by Crippen LogP contribution is 2.34. The zero-order valence-corrected chi connectivity index (χ0v) is 18.2. The van der Waals surface area contributed by atoms with Crippen LogP contribution in [0.15, 0.2) is 18.2 Å². The number of hydrogen-bond donors (Lipinski definition) is 1. The highest BCUT2D eigenvalue weighted by molar-refractivity contribution is 7.32. The van der Waals surface area contributed by atoms with Crippen molar-refractivity contribution in [1.29, 1.82) is 0 Å². The van der Waals surface area contributed by atoms with E-state index in [9.17, 15) is 9.46 Å². The molecule has 0 saturated heterocycles. The molecule has 0 aliphatic carbocycles. The molecule has 0 fully saturated rings. The summed E-state index contributed by atoms with van der Waals surface area (Å²) in [6, 6.07) is 6.02. The SMILES string of the molecule is CCCCC(CC)Cc1cccc(O[PH](=O)O)c1CC(CC)CCCC. The van der Waals surface area contributed by atoms with Gasteiger partial charge in [-0.05, 0) is 41.9 Å². The summed E-state index contributed by atoms with van der Waals surface area (Å²) in [6.07, 6.45) is 11.7. The number of rotatable bonds is 14. The molecular formula is C22H39O3P. The first-order valence-electron chi connectivity index (χ1n) is 10.6. The maximum absolute atomic E-state index is 11.3.